The Bertz CT molecular complexity index is 161. The third kappa shape index (κ3) is 1.46. The molecule has 1 aliphatic heterocycles. The maximum absolute atomic E-state index is 10.5. The fraction of sp³-hybridized carbons (Fsp3) is 0.667. The van der Waals surface area contributed by atoms with Crippen LogP contribution >= 0.6 is 0 Å². The highest BCUT2D eigenvalue weighted by Gasteiger charge is 2.25. The molecule has 0 aromatic heterocycles. The summed E-state index contributed by atoms with van der Waals surface area (Å²) in [6.45, 7) is 0. The summed E-state index contributed by atoms with van der Waals surface area (Å²) in [7, 11) is 0. The smallest absolute Gasteiger partial charge is 0.345 e. The van der Waals surface area contributed by atoms with Crippen molar-refractivity contribution in [2.75, 3.05) is 0 Å². The zero-order chi connectivity index (χ0) is 7.56. The first-order chi connectivity index (χ1) is 4.70. The van der Waals surface area contributed by atoms with Crippen molar-refractivity contribution in [3.8, 4) is 0 Å². The van der Waals surface area contributed by atoms with Crippen molar-refractivity contribution in [3.63, 3.8) is 0 Å². The Labute approximate surface area is 57.8 Å². The number of hydrogen-bond acceptors (Lipinski definition) is 3. The molecule has 0 spiro atoms. The predicted octanol–water partition coefficient (Wildman–Crippen LogP) is 0.167. The van der Waals surface area contributed by atoms with E-state index in [1.165, 1.54) is 0 Å². The minimum absolute atomic E-state index is 0.351. The Morgan fingerprint density at radius 1 is 1.70 bits per heavy atom. The fourth-order valence-corrected chi connectivity index (χ4v) is 0.882. The maximum atomic E-state index is 10.5. The second-order valence-corrected chi connectivity index (χ2v) is 2.21. The average Bonchev–Trinajstić information content (AvgIpc) is 1.88. The number of carboxylic acids is 1. The van der Waals surface area contributed by atoms with Crippen molar-refractivity contribution >= 4 is 11.9 Å². The summed E-state index contributed by atoms with van der Waals surface area (Å²) in [5.41, 5.74) is 0. The average molecular weight is 144 g/mol. The molecule has 1 aliphatic rings. The molecule has 0 bridgehead atoms. The van der Waals surface area contributed by atoms with Gasteiger partial charge in [-0.1, -0.05) is 0 Å². The molecular formula is C6H8O4. The molecule has 1 atom stereocenters. The summed E-state index contributed by atoms with van der Waals surface area (Å²) in [5.74, 6) is -1.45. The summed E-state index contributed by atoms with van der Waals surface area (Å²) < 4.78 is 4.51. The summed E-state index contributed by atoms with van der Waals surface area (Å²) in [5, 5.41) is 8.38. The standard InChI is InChI=1S/C6H8O4/c7-5-3-1-2-4(10-5)6(8)9/h4H,1-3H2,(H,8,9)/t4-/m0/s1. The first kappa shape index (κ1) is 7.05. The molecule has 1 fully saturated rings. The molecule has 0 aromatic rings. The van der Waals surface area contributed by atoms with Gasteiger partial charge in [-0.25, -0.2) is 4.79 Å². The van der Waals surface area contributed by atoms with Crippen LogP contribution in [0.5, 0.6) is 0 Å². The lowest BCUT2D eigenvalue weighted by Crippen LogP contribution is -2.30. The number of hydrogen-bond donors (Lipinski definition) is 1. The summed E-state index contributed by atoms with van der Waals surface area (Å²) in [4.78, 5) is 20.7. The van der Waals surface area contributed by atoms with Crippen LogP contribution in [0.1, 0.15) is 19.3 Å². The monoisotopic (exact) mass is 144 g/mol. The number of cyclic esters (lactones) is 1. The van der Waals surface area contributed by atoms with Crippen LogP contribution in [0.15, 0.2) is 0 Å². The Hall–Kier alpha value is -1.06. The van der Waals surface area contributed by atoms with Gasteiger partial charge in [-0.3, -0.25) is 4.79 Å². The normalized spacial score (nSPS) is 25.6. The minimum Gasteiger partial charge on any atom is -0.479 e. The SMILES string of the molecule is O=C1CCC[C@@H](C(=O)O)O1. The van der Waals surface area contributed by atoms with E-state index in [4.69, 9.17) is 5.11 Å². The summed E-state index contributed by atoms with van der Waals surface area (Å²) in [6.07, 6.45) is 0.516. The van der Waals surface area contributed by atoms with Gasteiger partial charge in [0.25, 0.3) is 0 Å². The number of carbonyl (C=O) groups is 2. The summed E-state index contributed by atoms with van der Waals surface area (Å²) in [6, 6.07) is 0. The van der Waals surface area contributed by atoms with Crippen molar-refractivity contribution in [2.45, 2.75) is 25.4 Å². The van der Waals surface area contributed by atoms with Crippen LogP contribution in [0.2, 0.25) is 0 Å². The lowest BCUT2D eigenvalue weighted by atomic mass is 10.1. The van der Waals surface area contributed by atoms with Gasteiger partial charge < -0.3 is 9.84 Å². The number of esters is 1. The second-order valence-electron chi connectivity index (χ2n) is 2.21. The maximum Gasteiger partial charge on any atom is 0.345 e. The van der Waals surface area contributed by atoms with Gasteiger partial charge in [0.15, 0.2) is 6.10 Å². The number of carboxylic acid groups (broad SMARTS) is 1. The topological polar surface area (TPSA) is 63.6 Å². The Kier molecular flexibility index (Phi) is 1.89. The van der Waals surface area contributed by atoms with E-state index in [-0.39, 0.29) is 0 Å². The van der Waals surface area contributed by atoms with Gasteiger partial charge in [0.1, 0.15) is 0 Å². The third-order valence-corrected chi connectivity index (χ3v) is 1.40. The van der Waals surface area contributed by atoms with Crippen LogP contribution in [0.25, 0.3) is 0 Å². The largest absolute Gasteiger partial charge is 0.479 e. The lowest BCUT2D eigenvalue weighted by molar-refractivity contribution is -0.168. The van der Waals surface area contributed by atoms with Gasteiger partial charge in [0.2, 0.25) is 0 Å². The Morgan fingerprint density at radius 2 is 2.40 bits per heavy atom. The number of aliphatic carboxylic acids is 1. The third-order valence-electron chi connectivity index (χ3n) is 1.40. The molecule has 0 amide bonds. The van der Waals surface area contributed by atoms with E-state index < -0.39 is 18.0 Å². The first-order valence-corrected chi connectivity index (χ1v) is 3.12. The predicted molar refractivity (Wildman–Crippen MR) is 31.4 cm³/mol. The highest BCUT2D eigenvalue weighted by Crippen LogP contribution is 2.13. The van der Waals surface area contributed by atoms with Gasteiger partial charge in [0.05, 0.1) is 0 Å². The van der Waals surface area contributed by atoms with Crippen LogP contribution in [-0.4, -0.2) is 23.1 Å². The van der Waals surface area contributed by atoms with E-state index in [1.54, 1.807) is 0 Å². The van der Waals surface area contributed by atoms with Crippen molar-refractivity contribution < 1.29 is 19.4 Å². The van der Waals surface area contributed by atoms with Gasteiger partial charge >= 0.3 is 11.9 Å². The van der Waals surface area contributed by atoms with Gasteiger partial charge in [0, 0.05) is 6.42 Å². The van der Waals surface area contributed by atoms with E-state index in [0.29, 0.717) is 19.3 Å². The van der Waals surface area contributed by atoms with Crippen LogP contribution < -0.4 is 0 Å². The molecule has 0 saturated carbocycles. The highest BCUT2D eigenvalue weighted by atomic mass is 16.6. The molecular weight excluding hydrogens is 136 g/mol. The van der Waals surface area contributed by atoms with Crippen molar-refractivity contribution in [1.29, 1.82) is 0 Å². The van der Waals surface area contributed by atoms with E-state index in [0.717, 1.165) is 0 Å². The Morgan fingerprint density at radius 3 is 2.80 bits per heavy atom. The second kappa shape index (κ2) is 2.68. The van der Waals surface area contributed by atoms with E-state index in [1.807, 2.05) is 0 Å². The first-order valence-electron chi connectivity index (χ1n) is 3.12. The van der Waals surface area contributed by atoms with Crippen LogP contribution in [0, 0.1) is 0 Å². The molecule has 10 heavy (non-hydrogen) atoms. The fourth-order valence-electron chi connectivity index (χ4n) is 0.882. The Balaban J connectivity index is 2.47. The lowest BCUT2D eigenvalue weighted by Gasteiger charge is -2.17. The van der Waals surface area contributed by atoms with E-state index in [2.05, 4.69) is 4.74 Å². The quantitative estimate of drug-likeness (QED) is 0.532. The highest BCUT2D eigenvalue weighted by molar-refractivity contribution is 5.79. The zero-order valence-electron chi connectivity index (χ0n) is 5.37. The molecule has 1 saturated heterocycles. The number of rotatable bonds is 1. The van der Waals surface area contributed by atoms with Crippen molar-refractivity contribution in [1.82, 2.24) is 0 Å². The van der Waals surface area contributed by atoms with Gasteiger partial charge in [-0.15, -0.1) is 0 Å². The molecule has 4 heteroatoms. The number of carbonyl (C=O) groups excluding carboxylic acids is 1. The molecule has 56 valence electrons. The van der Waals surface area contributed by atoms with Crippen LogP contribution in [-0.2, 0) is 14.3 Å². The minimum atomic E-state index is -1.05. The zero-order valence-corrected chi connectivity index (χ0v) is 5.37. The molecule has 0 aliphatic carbocycles. The van der Waals surface area contributed by atoms with Crippen LogP contribution in [0.3, 0.4) is 0 Å². The van der Waals surface area contributed by atoms with Crippen LogP contribution in [0.4, 0.5) is 0 Å². The molecule has 1 rings (SSSR count). The van der Waals surface area contributed by atoms with Crippen molar-refractivity contribution in [2.24, 2.45) is 0 Å². The molecule has 1 heterocycles. The molecule has 0 aromatic carbocycles. The molecule has 4 nitrogen and oxygen atoms in total. The van der Waals surface area contributed by atoms with E-state index in [9.17, 15) is 9.59 Å². The van der Waals surface area contributed by atoms with Gasteiger partial charge in [-0.2, -0.15) is 0 Å². The molecule has 0 unspecified atom stereocenters. The summed E-state index contributed by atoms with van der Waals surface area (Å²) >= 11 is 0. The number of ether oxygens (including phenoxy) is 1. The van der Waals surface area contributed by atoms with Crippen molar-refractivity contribution in [3.05, 3.63) is 0 Å². The van der Waals surface area contributed by atoms with E-state index >= 15 is 0 Å². The molecule has 1 N–H and O–H groups in total. The van der Waals surface area contributed by atoms with Gasteiger partial charge in [-0.05, 0) is 12.8 Å². The molecule has 0 radical (unpaired) electrons.